The number of rotatable bonds is 5. The molecule has 0 bridgehead atoms. The molecule has 9 rings (SSSR count). The Balaban J connectivity index is 0.000000197. The van der Waals surface area contributed by atoms with Crippen LogP contribution in [-0.2, 0) is 20.1 Å². The summed E-state index contributed by atoms with van der Waals surface area (Å²) in [5.41, 5.74) is 10.3. The van der Waals surface area contributed by atoms with Crippen molar-refractivity contribution in [2.45, 2.75) is 13.7 Å². The van der Waals surface area contributed by atoms with Crippen molar-refractivity contribution in [3.8, 4) is 50.6 Å². The van der Waals surface area contributed by atoms with Crippen molar-refractivity contribution < 1.29 is 32.7 Å². The van der Waals surface area contributed by atoms with E-state index < -0.39 is 13.7 Å². The number of fused-ring (bicyclic) bond motifs is 2. The van der Waals surface area contributed by atoms with Crippen molar-refractivity contribution >= 4 is 32.5 Å². The molecule has 5 aromatic carbocycles. The van der Waals surface area contributed by atoms with E-state index in [2.05, 4.69) is 106 Å². The number of hydrogen-bond donors (Lipinski definition) is 0. The van der Waals surface area contributed by atoms with E-state index in [-0.39, 0.29) is 31.2 Å². The molecule has 0 saturated carbocycles. The van der Waals surface area contributed by atoms with Gasteiger partial charge in [-0.1, -0.05) is 107 Å². The number of pyridine rings is 1. The van der Waals surface area contributed by atoms with E-state index in [9.17, 15) is 0 Å². The summed E-state index contributed by atoms with van der Waals surface area (Å²) in [5, 5.41) is 4.69. The van der Waals surface area contributed by atoms with Crippen LogP contribution in [0, 0.1) is 25.2 Å². The molecule has 6 heteroatoms. The van der Waals surface area contributed by atoms with Gasteiger partial charge in [0.2, 0.25) is 0 Å². The van der Waals surface area contributed by atoms with Crippen LogP contribution < -0.4 is 0 Å². The maximum atomic E-state index is 7.28. The molecular formula is C44H31IrN3OS-2. The van der Waals surface area contributed by atoms with Crippen molar-refractivity contribution in [1.82, 2.24) is 14.5 Å². The molecule has 0 aliphatic heterocycles. The minimum atomic E-state index is -2.18. The van der Waals surface area contributed by atoms with E-state index in [4.69, 9.17) is 17.6 Å². The van der Waals surface area contributed by atoms with Crippen LogP contribution in [0.25, 0.3) is 71.7 Å². The topological polar surface area (TPSA) is 43.9 Å². The van der Waals surface area contributed by atoms with Gasteiger partial charge < -0.3 is 14.0 Å². The summed E-state index contributed by atoms with van der Waals surface area (Å²) >= 11 is 1.63. The number of imidazole rings is 1. The summed E-state index contributed by atoms with van der Waals surface area (Å²) in [6.07, 6.45) is 4.78. The number of hydrogen-bond acceptors (Lipinski definition) is 4. The molecule has 1 radical (unpaired) electrons. The zero-order chi connectivity index (χ0) is 38.2. The third-order valence-corrected chi connectivity index (χ3v) is 9.12. The molecule has 245 valence electrons. The van der Waals surface area contributed by atoms with E-state index in [0.29, 0.717) is 11.3 Å². The van der Waals surface area contributed by atoms with Gasteiger partial charge in [0.1, 0.15) is 0 Å². The Morgan fingerprint density at radius 3 is 2.26 bits per heavy atom. The standard InChI is InChI=1S/C31H19N2OS.C13H12N.Ir/c1-2-6-21(7-3-1)22-10-13-25(14-11-22)33-29-9-5-4-8-28(29)32-31(33)27-20-35-30-15-12-23(18-26(27)30)24-16-17-34-19-24;1-10-3-6-12(7-4-10)13-8-5-11(2)9-14-13;/h1-19H;3-6,8-9H,1-2H3;/q2*-1;/i;1D3,2D3;. The quantitative estimate of drug-likeness (QED) is 0.162. The molecule has 0 aliphatic rings. The molecule has 9 aromatic rings. The Kier molecular flexibility index (Phi) is 7.74. The van der Waals surface area contributed by atoms with E-state index in [1.165, 1.54) is 40.2 Å². The summed E-state index contributed by atoms with van der Waals surface area (Å²) < 4.78 is 52.4. The number of aromatic nitrogens is 3. The van der Waals surface area contributed by atoms with Crippen LogP contribution in [-0.4, -0.2) is 14.5 Å². The SMILES string of the molecule is [2H]C([2H])([2H])c1c[c-]c(-c2ccc(C([2H])([2H])[2H])cn2)cc1.[Ir].[c-]1sc2ccc(-c3ccoc3)cc2c1-c1nc2ccccc2n1-c1ccc(-c2ccccc2)cc1. The normalized spacial score (nSPS) is 13.1. The van der Waals surface area contributed by atoms with E-state index >= 15 is 0 Å². The fourth-order valence-corrected chi connectivity index (χ4v) is 6.60. The molecule has 0 atom stereocenters. The molecular weight excluding hydrogens is 811 g/mol. The first-order chi connectivity index (χ1) is 26.5. The van der Waals surface area contributed by atoms with Gasteiger partial charge in [-0.25, -0.2) is 0 Å². The summed E-state index contributed by atoms with van der Waals surface area (Å²) in [7, 11) is 0. The van der Waals surface area contributed by atoms with Gasteiger partial charge in [0.25, 0.3) is 0 Å². The van der Waals surface area contributed by atoms with Gasteiger partial charge in [-0.15, -0.1) is 40.8 Å². The summed E-state index contributed by atoms with van der Waals surface area (Å²) in [4.78, 5) is 9.15. The third kappa shape index (κ3) is 6.74. The van der Waals surface area contributed by atoms with Crippen molar-refractivity contribution in [3.05, 3.63) is 175 Å². The third-order valence-electron chi connectivity index (χ3n) is 8.24. The van der Waals surface area contributed by atoms with Gasteiger partial charge in [-0.05, 0) is 65.1 Å². The Morgan fingerprint density at radius 2 is 1.52 bits per heavy atom. The molecule has 0 N–H and O–H groups in total. The van der Waals surface area contributed by atoms with Crippen LogP contribution in [0.2, 0.25) is 0 Å². The molecule has 4 aromatic heterocycles. The van der Waals surface area contributed by atoms with Crippen molar-refractivity contribution in [3.63, 3.8) is 0 Å². The predicted octanol–water partition coefficient (Wildman–Crippen LogP) is 11.8. The van der Waals surface area contributed by atoms with E-state index in [1.54, 1.807) is 36.0 Å². The average Bonchev–Trinajstić information content (AvgIpc) is 3.97. The number of nitrogens with zero attached hydrogens (tertiary/aromatic N) is 3. The summed E-state index contributed by atoms with van der Waals surface area (Å²) in [5.74, 6) is 0.897. The van der Waals surface area contributed by atoms with Crippen LogP contribution in [0.1, 0.15) is 19.4 Å². The van der Waals surface area contributed by atoms with E-state index in [1.807, 2.05) is 18.2 Å². The van der Waals surface area contributed by atoms with Crippen LogP contribution in [0.15, 0.2) is 157 Å². The van der Waals surface area contributed by atoms with Gasteiger partial charge in [-0.3, -0.25) is 16.3 Å². The minimum Gasteiger partial charge on any atom is -0.472 e. The number of benzene rings is 5. The van der Waals surface area contributed by atoms with Gasteiger partial charge in [-0.2, -0.15) is 0 Å². The molecule has 0 unspecified atom stereocenters. The average molecular weight is 848 g/mol. The smallest absolute Gasteiger partial charge is 0.0980 e. The minimum absolute atomic E-state index is 0. The molecule has 0 saturated heterocycles. The zero-order valence-corrected chi connectivity index (χ0v) is 29.6. The van der Waals surface area contributed by atoms with Crippen LogP contribution >= 0.6 is 11.3 Å². The number of furan rings is 1. The van der Waals surface area contributed by atoms with Gasteiger partial charge in [0.05, 0.1) is 29.4 Å². The summed E-state index contributed by atoms with van der Waals surface area (Å²) in [6, 6.07) is 46.4. The van der Waals surface area contributed by atoms with Crippen LogP contribution in [0.5, 0.6) is 0 Å². The summed E-state index contributed by atoms with van der Waals surface area (Å²) in [6.45, 7) is -4.34. The second kappa shape index (κ2) is 14.6. The number of thiophene rings is 1. The first-order valence-electron chi connectivity index (χ1n) is 18.6. The van der Waals surface area contributed by atoms with Crippen LogP contribution in [0.4, 0.5) is 0 Å². The maximum absolute atomic E-state index is 7.28. The molecule has 0 fully saturated rings. The molecule has 0 aliphatic carbocycles. The first-order valence-corrected chi connectivity index (χ1v) is 16.4. The fourth-order valence-electron chi connectivity index (χ4n) is 5.78. The second-order valence-corrected chi connectivity index (χ2v) is 12.2. The molecule has 4 heterocycles. The monoisotopic (exact) mass is 848 g/mol. The van der Waals surface area contributed by atoms with Crippen LogP contribution in [0.3, 0.4) is 0 Å². The number of para-hydroxylation sites is 2. The van der Waals surface area contributed by atoms with Crippen molar-refractivity contribution in [2.75, 3.05) is 0 Å². The zero-order valence-electron chi connectivity index (χ0n) is 32.4. The largest absolute Gasteiger partial charge is 0.472 e. The van der Waals surface area contributed by atoms with E-state index in [0.717, 1.165) is 44.6 Å². The van der Waals surface area contributed by atoms with Crippen molar-refractivity contribution in [2.24, 2.45) is 0 Å². The Morgan fingerprint density at radius 1 is 0.740 bits per heavy atom. The first kappa shape index (κ1) is 26.5. The Labute approximate surface area is 317 Å². The molecule has 4 nitrogen and oxygen atoms in total. The predicted molar refractivity (Wildman–Crippen MR) is 202 cm³/mol. The molecule has 0 spiro atoms. The van der Waals surface area contributed by atoms with Gasteiger partial charge in [0, 0.05) is 45.8 Å². The molecule has 0 amide bonds. The molecule has 50 heavy (non-hydrogen) atoms. The van der Waals surface area contributed by atoms with Crippen molar-refractivity contribution in [1.29, 1.82) is 0 Å². The fraction of sp³-hybridized carbons (Fsp3) is 0.0455. The Bertz CT molecular complexity index is 2650. The maximum Gasteiger partial charge on any atom is 0.0980 e. The van der Waals surface area contributed by atoms with Gasteiger partial charge in [0.15, 0.2) is 0 Å². The van der Waals surface area contributed by atoms with Gasteiger partial charge >= 0.3 is 0 Å². The Hall–Kier alpha value is -5.39. The second-order valence-electron chi connectivity index (χ2n) is 11.4. The number of aryl methyl sites for hydroxylation is 2.